The lowest BCUT2D eigenvalue weighted by atomic mass is 10.1. The van der Waals surface area contributed by atoms with Crippen LogP contribution in [0.15, 0.2) is 42.5 Å². The number of anilines is 1. The number of carbonyl (C=O) groups excluding carboxylic acids is 1. The summed E-state index contributed by atoms with van der Waals surface area (Å²) in [6, 6.07) is 12.2. The van der Waals surface area contributed by atoms with Crippen molar-refractivity contribution < 1.29 is 9.18 Å². The van der Waals surface area contributed by atoms with Crippen LogP contribution in [0.5, 0.6) is 0 Å². The zero-order valence-corrected chi connectivity index (χ0v) is 12.4. The monoisotopic (exact) mass is 306 g/mol. The molecule has 0 aliphatic rings. The molecule has 3 nitrogen and oxygen atoms in total. The second kappa shape index (κ2) is 7.20. The highest BCUT2D eigenvalue weighted by atomic mass is 35.5. The van der Waals surface area contributed by atoms with Crippen molar-refractivity contribution in [2.75, 3.05) is 11.9 Å². The van der Waals surface area contributed by atoms with E-state index in [9.17, 15) is 9.18 Å². The van der Waals surface area contributed by atoms with E-state index in [-0.39, 0.29) is 17.5 Å². The van der Waals surface area contributed by atoms with Gasteiger partial charge in [0.2, 0.25) is 5.91 Å². The molecule has 0 aliphatic heterocycles. The van der Waals surface area contributed by atoms with E-state index < -0.39 is 5.82 Å². The fourth-order valence-electron chi connectivity index (χ4n) is 1.81. The van der Waals surface area contributed by atoms with E-state index in [4.69, 9.17) is 11.6 Å². The van der Waals surface area contributed by atoms with Crippen LogP contribution in [0.1, 0.15) is 11.1 Å². The molecule has 0 bridgehead atoms. The van der Waals surface area contributed by atoms with E-state index in [2.05, 4.69) is 10.6 Å². The van der Waals surface area contributed by atoms with E-state index in [0.29, 0.717) is 12.2 Å². The number of amides is 1. The molecule has 2 aromatic carbocycles. The van der Waals surface area contributed by atoms with Gasteiger partial charge in [0.1, 0.15) is 5.82 Å². The molecule has 0 saturated heterocycles. The number of nitrogens with one attached hydrogen (secondary N) is 2. The molecule has 0 spiro atoms. The fraction of sp³-hybridized carbons (Fsp3) is 0.188. The molecular weight excluding hydrogens is 291 g/mol. The highest BCUT2D eigenvalue weighted by Gasteiger charge is 2.05. The molecule has 110 valence electrons. The first kappa shape index (κ1) is 15.5. The topological polar surface area (TPSA) is 41.1 Å². The Morgan fingerprint density at radius 1 is 1.19 bits per heavy atom. The maximum absolute atomic E-state index is 13.0. The molecule has 0 unspecified atom stereocenters. The Balaban J connectivity index is 1.79. The number of hydrogen-bond donors (Lipinski definition) is 2. The van der Waals surface area contributed by atoms with Gasteiger partial charge in [0.05, 0.1) is 11.6 Å². The SMILES string of the molecule is Cc1ccc(CNCC(=O)Nc2ccc(F)c(Cl)c2)cc1. The maximum atomic E-state index is 13.0. The van der Waals surface area contributed by atoms with Crippen LogP contribution in [0.3, 0.4) is 0 Å². The van der Waals surface area contributed by atoms with Crippen molar-refractivity contribution in [1.82, 2.24) is 5.32 Å². The molecule has 0 atom stereocenters. The first-order valence-corrected chi connectivity index (χ1v) is 6.93. The van der Waals surface area contributed by atoms with E-state index in [1.54, 1.807) is 0 Å². The lowest BCUT2D eigenvalue weighted by molar-refractivity contribution is -0.115. The number of halogens is 2. The Labute approximate surface area is 128 Å². The van der Waals surface area contributed by atoms with Crippen LogP contribution < -0.4 is 10.6 Å². The molecule has 0 aliphatic carbocycles. The molecule has 1 amide bonds. The van der Waals surface area contributed by atoms with Crippen molar-refractivity contribution >= 4 is 23.2 Å². The highest BCUT2D eigenvalue weighted by Crippen LogP contribution is 2.19. The summed E-state index contributed by atoms with van der Waals surface area (Å²) in [5, 5.41) is 5.69. The van der Waals surface area contributed by atoms with Gasteiger partial charge in [0.15, 0.2) is 0 Å². The second-order valence-electron chi connectivity index (χ2n) is 4.77. The van der Waals surface area contributed by atoms with Crippen molar-refractivity contribution in [3.8, 4) is 0 Å². The lowest BCUT2D eigenvalue weighted by Gasteiger charge is -2.07. The Morgan fingerprint density at radius 2 is 1.90 bits per heavy atom. The summed E-state index contributed by atoms with van der Waals surface area (Å²) in [5.74, 6) is -0.711. The first-order valence-electron chi connectivity index (χ1n) is 6.56. The Bertz CT molecular complexity index is 629. The number of hydrogen-bond acceptors (Lipinski definition) is 2. The largest absolute Gasteiger partial charge is 0.325 e. The molecule has 2 N–H and O–H groups in total. The summed E-state index contributed by atoms with van der Waals surface area (Å²) >= 11 is 5.65. The van der Waals surface area contributed by atoms with Crippen LogP contribution >= 0.6 is 11.6 Å². The van der Waals surface area contributed by atoms with Gasteiger partial charge in [-0.05, 0) is 30.7 Å². The third-order valence-electron chi connectivity index (χ3n) is 2.94. The molecule has 0 saturated carbocycles. The maximum Gasteiger partial charge on any atom is 0.238 e. The Kier molecular flexibility index (Phi) is 5.31. The second-order valence-corrected chi connectivity index (χ2v) is 5.17. The molecule has 2 rings (SSSR count). The predicted octanol–water partition coefficient (Wildman–Crippen LogP) is 3.52. The minimum atomic E-state index is -0.507. The molecule has 0 radical (unpaired) electrons. The predicted molar refractivity (Wildman–Crippen MR) is 82.9 cm³/mol. The molecule has 2 aromatic rings. The molecular formula is C16H16ClFN2O. The Morgan fingerprint density at radius 3 is 2.57 bits per heavy atom. The van der Waals surface area contributed by atoms with E-state index >= 15 is 0 Å². The van der Waals surface area contributed by atoms with Crippen LogP contribution in [-0.2, 0) is 11.3 Å². The summed E-state index contributed by atoms with van der Waals surface area (Å²) < 4.78 is 13.0. The minimum Gasteiger partial charge on any atom is -0.325 e. The van der Waals surface area contributed by atoms with E-state index in [1.807, 2.05) is 31.2 Å². The van der Waals surface area contributed by atoms with Crippen molar-refractivity contribution in [3.05, 3.63) is 64.4 Å². The molecule has 5 heteroatoms. The van der Waals surface area contributed by atoms with Gasteiger partial charge >= 0.3 is 0 Å². The summed E-state index contributed by atoms with van der Waals surface area (Å²) in [5.41, 5.74) is 2.78. The van der Waals surface area contributed by atoms with Gasteiger partial charge in [-0.25, -0.2) is 4.39 Å². The summed E-state index contributed by atoms with van der Waals surface area (Å²) in [6.45, 7) is 2.80. The van der Waals surface area contributed by atoms with Gasteiger partial charge in [0.25, 0.3) is 0 Å². The average molecular weight is 307 g/mol. The number of benzene rings is 2. The van der Waals surface area contributed by atoms with Crippen molar-refractivity contribution in [2.45, 2.75) is 13.5 Å². The highest BCUT2D eigenvalue weighted by molar-refractivity contribution is 6.31. The smallest absolute Gasteiger partial charge is 0.238 e. The van der Waals surface area contributed by atoms with Crippen LogP contribution in [0.2, 0.25) is 5.02 Å². The van der Waals surface area contributed by atoms with Crippen molar-refractivity contribution in [1.29, 1.82) is 0 Å². The van der Waals surface area contributed by atoms with Gasteiger partial charge in [-0.15, -0.1) is 0 Å². The summed E-state index contributed by atoms with van der Waals surface area (Å²) in [6.07, 6.45) is 0. The van der Waals surface area contributed by atoms with Crippen LogP contribution in [0, 0.1) is 12.7 Å². The van der Waals surface area contributed by atoms with Gasteiger partial charge in [-0.1, -0.05) is 41.4 Å². The average Bonchev–Trinajstić information content (AvgIpc) is 2.45. The first-order chi connectivity index (χ1) is 10.0. The van der Waals surface area contributed by atoms with Gasteiger partial charge in [-0.3, -0.25) is 4.79 Å². The fourth-order valence-corrected chi connectivity index (χ4v) is 1.99. The van der Waals surface area contributed by atoms with Gasteiger partial charge in [-0.2, -0.15) is 0 Å². The number of rotatable bonds is 5. The number of aryl methyl sites for hydroxylation is 1. The van der Waals surface area contributed by atoms with Crippen molar-refractivity contribution in [3.63, 3.8) is 0 Å². The van der Waals surface area contributed by atoms with E-state index in [1.165, 1.54) is 23.8 Å². The minimum absolute atomic E-state index is 0.0135. The standard InChI is InChI=1S/C16H16ClFN2O/c1-11-2-4-12(5-3-11)9-19-10-16(21)20-13-6-7-15(18)14(17)8-13/h2-8,19H,9-10H2,1H3,(H,20,21). The van der Waals surface area contributed by atoms with Gasteiger partial charge in [0, 0.05) is 12.2 Å². The third-order valence-corrected chi connectivity index (χ3v) is 3.23. The van der Waals surface area contributed by atoms with Crippen LogP contribution in [-0.4, -0.2) is 12.5 Å². The van der Waals surface area contributed by atoms with Crippen molar-refractivity contribution in [2.24, 2.45) is 0 Å². The quantitative estimate of drug-likeness (QED) is 0.887. The number of carbonyl (C=O) groups is 1. The molecule has 0 heterocycles. The zero-order chi connectivity index (χ0) is 15.2. The van der Waals surface area contributed by atoms with Gasteiger partial charge < -0.3 is 10.6 Å². The summed E-state index contributed by atoms with van der Waals surface area (Å²) in [4.78, 5) is 11.7. The summed E-state index contributed by atoms with van der Waals surface area (Å²) in [7, 11) is 0. The lowest BCUT2D eigenvalue weighted by Crippen LogP contribution is -2.27. The molecule has 21 heavy (non-hydrogen) atoms. The van der Waals surface area contributed by atoms with Crippen LogP contribution in [0.4, 0.5) is 10.1 Å². The third kappa shape index (κ3) is 4.85. The Hall–Kier alpha value is -1.91. The normalized spacial score (nSPS) is 10.4. The molecule has 0 fully saturated rings. The van der Waals surface area contributed by atoms with E-state index in [0.717, 1.165) is 5.56 Å². The zero-order valence-electron chi connectivity index (χ0n) is 11.6. The van der Waals surface area contributed by atoms with Crippen LogP contribution in [0.25, 0.3) is 0 Å². The molecule has 0 aromatic heterocycles.